The Kier molecular flexibility index (Phi) is 4.33. The van der Waals surface area contributed by atoms with Gasteiger partial charge in [0.25, 0.3) is 0 Å². The van der Waals surface area contributed by atoms with Crippen molar-refractivity contribution in [3.8, 4) is 0 Å². The Morgan fingerprint density at radius 3 is 2.13 bits per heavy atom. The van der Waals surface area contributed by atoms with Crippen molar-refractivity contribution >= 4 is 9.84 Å². The number of hydrogen-bond donors (Lipinski definition) is 0. The lowest BCUT2D eigenvalue weighted by atomic mass is 10.2. The van der Waals surface area contributed by atoms with E-state index in [2.05, 4.69) is 6.92 Å². The predicted octanol–water partition coefficient (Wildman–Crippen LogP) is 2.82. The third kappa shape index (κ3) is 3.34. The molecule has 0 aliphatic rings. The molecule has 1 aromatic carbocycles. The van der Waals surface area contributed by atoms with Gasteiger partial charge >= 0.3 is 0 Å². The maximum Gasteiger partial charge on any atom is 0.178 e. The highest BCUT2D eigenvalue weighted by Crippen LogP contribution is 2.14. The maximum absolute atomic E-state index is 11.8. The molecular weight excluding hydrogens is 208 g/mol. The van der Waals surface area contributed by atoms with E-state index in [1.165, 1.54) is 5.56 Å². The van der Waals surface area contributed by atoms with E-state index in [-0.39, 0.29) is 5.75 Å². The van der Waals surface area contributed by atoms with Gasteiger partial charge in [-0.3, -0.25) is 0 Å². The number of hydrogen-bond acceptors (Lipinski definition) is 2. The zero-order valence-corrected chi connectivity index (χ0v) is 10.2. The van der Waals surface area contributed by atoms with Crippen molar-refractivity contribution in [3.05, 3.63) is 29.8 Å². The number of aryl methyl sites for hydroxylation is 1. The molecule has 0 radical (unpaired) electrons. The van der Waals surface area contributed by atoms with Gasteiger partial charge in [0.15, 0.2) is 9.84 Å². The number of benzene rings is 1. The zero-order chi connectivity index (χ0) is 11.3. The summed E-state index contributed by atoms with van der Waals surface area (Å²) in [5.74, 6) is 0.259. The van der Waals surface area contributed by atoms with Gasteiger partial charge in [0.05, 0.1) is 10.6 Å². The highest BCUT2D eigenvalue weighted by Gasteiger charge is 2.12. The molecule has 84 valence electrons. The second-order valence-corrected chi connectivity index (χ2v) is 5.78. The largest absolute Gasteiger partial charge is 0.224 e. The molecule has 0 saturated carbocycles. The highest BCUT2D eigenvalue weighted by atomic mass is 32.2. The van der Waals surface area contributed by atoms with Crippen LogP contribution in [-0.4, -0.2) is 14.2 Å². The summed E-state index contributed by atoms with van der Waals surface area (Å²) in [7, 11) is -3.05. The molecule has 0 unspecified atom stereocenters. The van der Waals surface area contributed by atoms with Crippen LogP contribution in [0.4, 0.5) is 0 Å². The van der Waals surface area contributed by atoms with Crippen LogP contribution in [0.25, 0.3) is 0 Å². The molecule has 0 N–H and O–H groups in total. The van der Waals surface area contributed by atoms with Crippen molar-refractivity contribution in [3.63, 3.8) is 0 Å². The molecule has 3 heteroatoms. The Bertz CT molecular complexity index is 390. The summed E-state index contributed by atoms with van der Waals surface area (Å²) < 4.78 is 23.6. The first-order chi connectivity index (χ1) is 7.10. The van der Waals surface area contributed by atoms with Crippen molar-refractivity contribution in [2.24, 2.45) is 0 Å². The summed E-state index contributed by atoms with van der Waals surface area (Å²) in [5.41, 5.74) is 1.17. The Morgan fingerprint density at radius 1 is 1.07 bits per heavy atom. The molecule has 0 atom stereocenters. The molecule has 0 spiro atoms. The van der Waals surface area contributed by atoms with E-state index >= 15 is 0 Å². The molecule has 0 aliphatic carbocycles. The van der Waals surface area contributed by atoms with Crippen LogP contribution in [0.15, 0.2) is 29.2 Å². The number of sulfone groups is 1. The summed E-state index contributed by atoms with van der Waals surface area (Å²) in [6.45, 7) is 4.05. The molecule has 2 nitrogen and oxygen atoms in total. The van der Waals surface area contributed by atoms with Gasteiger partial charge in [-0.15, -0.1) is 0 Å². The van der Waals surface area contributed by atoms with Crippen LogP contribution < -0.4 is 0 Å². The van der Waals surface area contributed by atoms with Crippen LogP contribution in [0.5, 0.6) is 0 Å². The van der Waals surface area contributed by atoms with Gasteiger partial charge in [0.1, 0.15) is 0 Å². The first kappa shape index (κ1) is 12.2. The second kappa shape index (κ2) is 5.31. The van der Waals surface area contributed by atoms with E-state index in [1.807, 2.05) is 19.1 Å². The van der Waals surface area contributed by atoms with E-state index in [1.54, 1.807) is 12.1 Å². The third-order valence-corrected chi connectivity index (χ3v) is 4.27. The maximum atomic E-state index is 11.8. The summed E-state index contributed by atoms with van der Waals surface area (Å²) in [6.07, 6.45) is 2.58. The first-order valence-corrected chi connectivity index (χ1v) is 7.07. The monoisotopic (exact) mass is 226 g/mol. The molecule has 1 aromatic rings. The van der Waals surface area contributed by atoms with Crippen LogP contribution in [0, 0.1) is 0 Å². The summed E-state index contributed by atoms with van der Waals surface area (Å²) in [4.78, 5) is 0.452. The molecule has 0 bridgehead atoms. The Morgan fingerprint density at radius 2 is 1.67 bits per heavy atom. The molecule has 0 fully saturated rings. The predicted molar refractivity (Wildman–Crippen MR) is 62.8 cm³/mol. The Labute approximate surface area is 92.2 Å². The Balaban J connectivity index is 2.86. The molecule has 0 aromatic heterocycles. The average Bonchev–Trinajstić information content (AvgIpc) is 2.26. The van der Waals surface area contributed by atoms with Gasteiger partial charge < -0.3 is 0 Å². The van der Waals surface area contributed by atoms with Crippen LogP contribution >= 0.6 is 0 Å². The average molecular weight is 226 g/mol. The minimum Gasteiger partial charge on any atom is -0.224 e. The fourth-order valence-electron chi connectivity index (χ4n) is 1.38. The fraction of sp³-hybridized carbons (Fsp3) is 0.500. The molecule has 15 heavy (non-hydrogen) atoms. The summed E-state index contributed by atoms with van der Waals surface area (Å²) >= 11 is 0. The second-order valence-electron chi connectivity index (χ2n) is 3.67. The smallest absolute Gasteiger partial charge is 0.178 e. The lowest BCUT2D eigenvalue weighted by molar-refractivity contribution is 0.592. The number of unbranched alkanes of at least 4 members (excludes halogenated alkanes) is 1. The normalized spacial score (nSPS) is 11.6. The summed E-state index contributed by atoms with van der Waals surface area (Å²) in [6, 6.07) is 7.20. The van der Waals surface area contributed by atoms with Gasteiger partial charge in [-0.05, 0) is 30.5 Å². The van der Waals surface area contributed by atoms with Crippen molar-refractivity contribution in [1.29, 1.82) is 0 Å². The molecule has 0 aliphatic heterocycles. The van der Waals surface area contributed by atoms with E-state index in [0.717, 1.165) is 19.3 Å². The SMILES string of the molecule is CCCCS(=O)(=O)c1ccc(CC)cc1. The van der Waals surface area contributed by atoms with E-state index in [4.69, 9.17) is 0 Å². The fourth-order valence-corrected chi connectivity index (χ4v) is 2.84. The minimum atomic E-state index is -3.05. The topological polar surface area (TPSA) is 34.1 Å². The van der Waals surface area contributed by atoms with E-state index < -0.39 is 9.84 Å². The van der Waals surface area contributed by atoms with Gasteiger partial charge in [-0.1, -0.05) is 32.4 Å². The van der Waals surface area contributed by atoms with Crippen LogP contribution in [0.3, 0.4) is 0 Å². The van der Waals surface area contributed by atoms with Crippen LogP contribution in [-0.2, 0) is 16.3 Å². The van der Waals surface area contributed by atoms with Gasteiger partial charge in [0.2, 0.25) is 0 Å². The van der Waals surface area contributed by atoms with Gasteiger partial charge in [-0.25, -0.2) is 8.42 Å². The van der Waals surface area contributed by atoms with Crippen molar-refractivity contribution in [2.45, 2.75) is 38.0 Å². The zero-order valence-electron chi connectivity index (χ0n) is 9.36. The Hall–Kier alpha value is -0.830. The van der Waals surface area contributed by atoms with Crippen molar-refractivity contribution in [1.82, 2.24) is 0 Å². The molecule has 0 heterocycles. The molecule has 0 amide bonds. The summed E-state index contributed by atoms with van der Waals surface area (Å²) in [5, 5.41) is 0. The number of rotatable bonds is 5. The van der Waals surface area contributed by atoms with E-state index in [0.29, 0.717) is 4.90 Å². The third-order valence-electron chi connectivity index (χ3n) is 2.46. The lowest BCUT2D eigenvalue weighted by Crippen LogP contribution is -2.06. The van der Waals surface area contributed by atoms with Gasteiger partial charge in [-0.2, -0.15) is 0 Å². The first-order valence-electron chi connectivity index (χ1n) is 5.42. The standard InChI is InChI=1S/C12H18O2S/c1-3-5-10-15(13,14)12-8-6-11(4-2)7-9-12/h6-9H,3-5,10H2,1-2H3. The molecular formula is C12H18O2S. The minimum absolute atomic E-state index is 0.259. The molecule has 0 saturated heterocycles. The van der Waals surface area contributed by atoms with Crippen molar-refractivity contribution in [2.75, 3.05) is 5.75 Å². The van der Waals surface area contributed by atoms with E-state index in [9.17, 15) is 8.42 Å². The quantitative estimate of drug-likeness (QED) is 0.773. The highest BCUT2D eigenvalue weighted by molar-refractivity contribution is 7.91. The van der Waals surface area contributed by atoms with Crippen LogP contribution in [0.1, 0.15) is 32.3 Å². The van der Waals surface area contributed by atoms with Gasteiger partial charge in [0, 0.05) is 0 Å². The molecule has 1 rings (SSSR count). The van der Waals surface area contributed by atoms with Crippen LogP contribution in [0.2, 0.25) is 0 Å². The van der Waals surface area contributed by atoms with Crippen molar-refractivity contribution < 1.29 is 8.42 Å². The lowest BCUT2D eigenvalue weighted by Gasteiger charge is -2.04.